The van der Waals surface area contributed by atoms with E-state index in [0.717, 1.165) is 33.5 Å². The average Bonchev–Trinajstić information content (AvgIpc) is 2.96. The molecule has 0 atom stereocenters. The first-order chi connectivity index (χ1) is 11.2. The van der Waals surface area contributed by atoms with Crippen molar-refractivity contribution >= 4 is 22.9 Å². The minimum atomic E-state index is 0.856. The van der Waals surface area contributed by atoms with Crippen molar-refractivity contribution < 1.29 is 0 Å². The van der Waals surface area contributed by atoms with E-state index in [1.165, 1.54) is 6.21 Å². The van der Waals surface area contributed by atoms with Gasteiger partial charge in [-0.2, -0.15) is 0 Å². The smallest absolute Gasteiger partial charge is 0.138 e. The number of aryl methyl sites for hydroxylation is 1. The summed E-state index contributed by atoms with van der Waals surface area (Å²) < 4.78 is 0. The Bertz CT molecular complexity index is 921. The van der Waals surface area contributed by atoms with E-state index in [4.69, 9.17) is 5.41 Å². The molecule has 1 aromatic carbocycles. The second-order valence-electron chi connectivity index (χ2n) is 5.13. The number of hydrogen-bond acceptors (Lipinski definition) is 3. The first-order valence-electron chi connectivity index (χ1n) is 7.24. The van der Waals surface area contributed by atoms with E-state index in [1.54, 1.807) is 12.3 Å². The molecular formula is C19H16N4. The number of H-pyrrole nitrogens is 1. The zero-order chi connectivity index (χ0) is 16.1. The first-order valence-corrected chi connectivity index (χ1v) is 7.24. The topological polar surface area (TPSA) is 64.6 Å². The van der Waals surface area contributed by atoms with Gasteiger partial charge in [0, 0.05) is 35.2 Å². The molecule has 4 nitrogen and oxygen atoms in total. The van der Waals surface area contributed by atoms with Crippen LogP contribution in [0.4, 0.5) is 5.69 Å². The molecule has 112 valence electrons. The highest BCUT2D eigenvalue weighted by atomic mass is 14.8. The number of anilines is 1. The zero-order valence-corrected chi connectivity index (χ0v) is 12.7. The van der Waals surface area contributed by atoms with Crippen molar-refractivity contribution in [1.82, 2.24) is 9.97 Å². The molecule has 2 aromatic heterocycles. The largest absolute Gasteiger partial charge is 0.362 e. The second-order valence-corrected chi connectivity index (χ2v) is 5.13. The monoisotopic (exact) mass is 300 g/mol. The molecule has 0 spiro atoms. The van der Waals surface area contributed by atoms with Gasteiger partial charge < -0.3 is 15.7 Å². The van der Waals surface area contributed by atoms with Crippen LogP contribution in [-0.4, -0.2) is 16.2 Å². The Labute approximate surface area is 134 Å². The number of nitrogens with zero attached hydrogens (tertiary/aromatic N) is 1. The number of nitrogens with one attached hydrogen (secondary N) is 3. The maximum Gasteiger partial charge on any atom is 0.138 e. The molecule has 4 heteroatoms. The van der Waals surface area contributed by atoms with E-state index >= 15 is 0 Å². The Morgan fingerprint density at radius 3 is 2.78 bits per heavy atom. The highest BCUT2D eigenvalue weighted by Gasteiger charge is 1.99. The van der Waals surface area contributed by atoms with Crippen molar-refractivity contribution in [3.8, 4) is 11.8 Å². The summed E-state index contributed by atoms with van der Waals surface area (Å²) in [6.45, 7) is 2.03. The van der Waals surface area contributed by atoms with Crippen LogP contribution in [0.25, 0.3) is 11.0 Å². The first kappa shape index (κ1) is 14.6. The van der Waals surface area contributed by atoms with Crippen LogP contribution in [0.1, 0.15) is 16.8 Å². The van der Waals surface area contributed by atoms with Crippen LogP contribution in [0, 0.1) is 24.2 Å². The van der Waals surface area contributed by atoms with E-state index in [9.17, 15) is 0 Å². The molecule has 0 aliphatic heterocycles. The lowest BCUT2D eigenvalue weighted by molar-refractivity contribution is 1.28. The molecule has 0 saturated heterocycles. The van der Waals surface area contributed by atoms with Gasteiger partial charge in [0.1, 0.15) is 5.65 Å². The summed E-state index contributed by atoms with van der Waals surface area (Å²) in [5.74, 6) is 6.27. The van der Waals surface area contributed by atoms with Crippen molar-refractivity contribution in [2.75, 3.05) is 5.32 Å². The van der Waals surface area contributed by atoms with E-state index in [-0.39, 0.29) is 0 Å². The van der Waals surface area contributed by atoms with Gasteiger partial charge >= 0.3 is 0 Å². The summed E-state index contributed by atoms with van der Waals surface area (Å²) in [6.07, 6.45) is 6.41. The third kappa shape index (κ3) is 3.66. The molecule has 0 fully saturated rings. The molecular weight excluding hydrogens is 284 g/mol. The molecule has 0 aliphatic rings. The Morgan fingerprint density at radius 2 is 2.00 bits per heavy atom. The van der Waals surface area contributed by atoms with Crippen LogP contribution in [0.5, 0.6) is 0 Å². The summed E-state index contributed by atoms with van der Waals surface area (Å²) in [7, 11) is 0. The molecule has 23 heavy (non-hydrogen) atoms. The molecule has 3 aromatic rings. The second kappa shape index (κ2) is 6.63. The minimum Gasteiger partial charge on any atom is -0.362 e. The Morgan fingerprint density at radius 1 is 1.17 bits per heavy atom. The quantitative estimate of drug-likeness (QED) is 0.508. The molecule has 3 N–H and O–H groups in total. The summed E-state index contributed by atoms with van der Waals surface area (Å²) >= 11 is 0. The maximum absolute atomic E-state index is 6.91. The van der Waals surface area contributed by atoms with Crippen LogP contribution in [-0.2, 0) is 0 Å². The molecule has 0 bridgehead atoms. The highest BCUT2D eigenvalue weighted by Crippen LogP contribution is 2.14. The number of aromatic nitrogens is 2. The summed E-state index contributed by atoms with van der Waals surface area (Å²) in [4.78, 5) is 7.56. The normalized spacial score (nSPS) is 10.5. The van der Waals surface area contributed by atoms with Crippen molar-refractivity contribution in [3.05, 3.63) is 71.7 Å². The van der Waals surface area contributed by atoms with E-state index in [2.05, 4.69) is 33.2 Å². The third-order valence-corrected chi connectivity index (χ3v) is 3.28. The number of benzene rings is 1. The van der Waals surface area contributed by atoms with E-state index in [0.29, 0.717) is 0 Å². The molecule has 0 saturated carbocycles. The van der Waals surface area contributed by atoms with Gasteiger partial charge in [-0.15, -0.1) is 0 Å². The van der Waals surface area contributed by atoms with Crippen molar-refractivity contribution in [1.29, 1.82) is 5.41 Å². The highest BCUT2D eigenvalue weighted by molar-refractivity contribution is 5.78. The van der Waals surface area contributed by atoms with Gasteiger partial charge in [-0.25, -0.2) is 4.98 Å². The summed E-state index contributed by atoms with van der Waals surface area (Å²) in [5, 5.41) is 11.1. The SMILES string of the molecule is Cc1cnc2[nH]c(C#Cc3ccc(N/C=C\C=N)cc3)cc2c1. The number of pyridine rings is 1. The molecule has 0 unspecified atom stereocenters. The lowest BCUT2D eigenvalue weighted by Crippen LogP contribution is -1.87. The predicted molar refractivity (Wildman–Crippen MR) is 94.8 cm³/mol. The fourth-order valence-corrected chi connectivity index (χ4v) is 2.17. The number of rotatable bonds is 3. The minimum absolute atomic E-state index is 0.856. The van der Waals surface area contributed by atoms with Crippen LogP contribution in [0.15, 0.2) is 54.9 Å². The van der Waals surface area contributed by atoms with Crippen LogP contribution >= 0.6 is 0 Å². The van der Waals surface area contributed by atoms with Gasteiger partial charge in [0.25, 0.3) is 0 Å². The zero-order valence-electron chi connectivity index (χ0n) is 12.7. The van der Waals surface area contributed by atoms with Crippen molar-refractivity contribution in [2.24, 2.45) is 0 Å². The number of allylic oxidation sites excluding steroid dienone is 1. The predicted octanol–water partition coefficient (Wildman–Crippen LogP) is 3.85. The van der Waals surface area contributed by atoms with Crippen LogP contribution < -0.4 is 5.32 Å². The van der Waals surface area contributed by atoms with Crippen molar-refractivity contribution in [2.45, 2.75) is 6.92 Å². The van der Waals surface area contributed by atoms with Crippen LogP contribution in [0.3, 0.4) is 0 Å². The van der Waals surface area contributed by atoms with Gasteiger partial charge in [-0.1, -0.05) is 5.92 Å². The van der Waals surface area contributed by atoms with Gasteiger partial charge in [-0.3, -0.25) is 0 Å². The Balaban J connectivity index is 1.77. The fraction of sp³-hybridized carbons (Fsp3) is 0.0526. The van der Waals surface area contributed by atoms with Gasteiger partial charge in [0.2, 0.25) is 0 Å². The number of hydrogen-bond donors (Lipinski definition) is 3. The lowest BCUT2D eigenvalue weighted by Gasteiger charge is -1.99. The van der Waals surface area contributed by atoms with E-state index in [1.807, 2.05) is 43.5 Å². The molecule has 0 radical (unpaired) electrons. The number of fused-ring (bicyclic) bond motifs is 1. The van der Waals surface area contributed by atoms with Gasteiger partial charge in [0.05, 0.1) is 5.69 Å². The third-order valence-electron chi connectivity index (χ3n) is 3.28. The average molecular weight is 300 g/mol. The maximum atomic E-state index is 6.91. The molecule has 0 amide bonds. The van der Waals surface area contributed by atoms with E-state index < -0.39 is 0 Å². The summed E-state index contributed by atoms with van der Waals surface area (Å²) in [5.41, 5.74) is 4.75. The molecule has 0 aliphatic carbocycles. The summed E-state index contributed by atoms with van der Waals surface area (Å²) in [6, 6.07) is 11.9. The van der Waals surface area contributed by atoms with Crippen molar-refractivity contribution in [3.63, 3.8) is 0 Å². The molecule has 3 rings (SSSR count). The van der Waals surface area contributed by atoms with Gasteiger partial charge in [0.15, 0.2) is 0 Å². The lowest BCUT2D eigenvalue weighted by atomic mass is 10.2. The standard InChI is InChI=1S/C19H16N4/c1-14-11-16-12-18(23-19(16)22-13-14)8-5-15-3-6-17(7-4-15)21-10-2-9-20/h2-4,6-7,9-13,20-21H,1H3,(H,22,23)/b10-2-,20-9?. The molecule has 2 heterocycles. The Kier molecular flexibility index (Phi) is 4.21. The number of aromatic amines is 1. The fourth-order valence-electron chi connectivity index (χ4n) is 2.17. The van der Waals surface area contributed by atoms with Gasteiger partial charge in [-0.05, 0) is 60.9 Å². The Hall–Kier alpha value is -3.32. The van der Waals surface area contributed by atoms with Crippen LogP contribution in [0.2, 0.25) is 0 Å².